The lowest BCUT2D eigenvalue weighted by atomic mass is 10.1. The molecule has 0 spiro atoms. The average molecular weight is 375 g/mol. The van der Waals surface area contributed by atoms with E-state index in [4.69, 9.17) is 0 Å². The second kappa shape index (κ2) is 5.36. The van der Waals surface area contributed by atoms with Crippen LogP contribution < -0.4 is 5.56 Å². The summed E-state index contributed by atoms with van der Waals surface area (Å²) in [5, 5.41) is 0. The van der Waals surface area contributed by atoms with E-state index in [0.717, 1.165) is 0 Å². The Morgan fingerprint density at radius 3 is 2.50 bits per heavy atom. The number of hydrogen-bond donors (Lipinski definition) is 0. The summed E-state index contributed by atoms with van der Waals surface area (Å²) < 4.78 is 16.6. The van der Waals surface area contributed by atoms with Crippen molar-refractivity contribution in [1.29, 1.82) is 0 Å². The topological polar surface area (TPSA) is 22.0 Å². The molecule has 0 aliphatic rings. The van der Waals surface area contributed by atoms with E-state index < -0.39 is 0 Å². The van der Waals surface area contributed by atoms with Gasteiger partial charge in [0.05, 0.1) is 10.2 Å². The normalized spacial score (nSPS) is 10.7. The maximum atomic E-state index is 13.9. The van der Waals surface area contributed by atoms with E-state index >= 15 is 0 Å². The fourth-order valence-corrected chi connectivity index (χ4v) is 2.72. The average Bonchev–Trinajstić information content (AvgIpc) is 2.33. The molecule has 2 nitrogen and oxygen atoms in total. The fraction of sp³-hybridized carbons (Fsp3) is 0.154. The van der Waals surface area contributed by atoms with Crippen LogP contribution in [-0.2, 0) is 6.54 Å². The Morgan fingerprint density at radius 1 is 1.17 bits per heavy atom. The Balaban J connectivity index is 2.80. The van der Waals surface area contributed by atoms with E-state index in [-0.39, 0.29) is 11.4 Å². The van der Waals surface area contributed by atoms with E-state index in [9.17, 15) is 9.18 Å². The number of benzene rings is 1. The zero-order chi connectivity index (χ0) is 13.3. The van der Waals surface area contributed by atoms with Crippen molar-refractivity contribution < 1.29 is 4.39 Å². The number of aromatic nitrogens is 1. The molecule has 0 bridgehead atoms. The van der Waals surface area contributed by atoms with Crippen LogP contribution in [0.5, 0.6) is 0 Å². The van der Waals surface area contributed by atoms with Crippen molar-refractivity contribution in [2.75, 3.05) is 0 Å². The quantitative estimate of drug-likeness (QED) is 0.772. The smallest absolute Gasteiger partial charge is 0.265 e. The van der Waals surface area contributed by atoms with Crippen molar-refractivity contribution >= 4 is 31.9 Å². The van der Waals surface area contributed by atoms with E-state index in [0.29, 0.717) is 26.7 Å². The third kappa shape index (κ3) is 2.29. The Hall–Kier alpha value is -0.940. The van der Waals surface area contributed by atoms with E-state index in [2.05, 4.69) is 31.9 Å². The number of nitrogens with zero attached hydrogens (tertiary/aromatic N) is 1. The first-order valence-electron chi connectivity index (χ1n) is 5.40. The predicted octanol–water partition coefficient (Wildman–Crippen LogP) is 4.20. The van der Waals surface area contributed by atoms with Crippen molar-refractivity contribution in [2.24, 2.45) is 0 Å². The zero-order valence-electron chi connectivity index (χ0n) is 9.58. The molecule has 18 heavy (non-hydrogen) atoms. The van der Waals surface area contributed by atoms with Gasteiger partial charge in [0.15, 0.2) is 0 Å². The largest absolute Gasteiger partial charge is 0.307 e. The lowest BCUT2D eigenvalue weighted by Gasteiger charge is -2.13. The highest BCUT2D eigenvalue weighted by Crippen LogP contribution is 2.30. The first-order valence-corrected chi connectivity index (χ1v) is 6.98. The number of pyridine rings is 1. The van der Waals surface area contributed by atoms with Gasteiger partial charge in [0.2, 0.25) is 0 Å². The van der Waals surface area contributed by atoms with Gasteiger partial charge in [-0.05, 0) is 63.0 Å². The van der Waals surface area contributed by atoms with Crippen LogP contribution in [0.3, 0.4) is 0 Å². The molecule has 0 aliphatic heterocycles. The third-order valence-electron chi connectivity index (χ3n) is 2.66. The van der Waals surface area contributed by atoms with Gasteiger partial charge in [0.1, 0.15) is 5.82 Å². The second-order valence-corrected chi connectivity index (χ2v) is 5.42. The van der Waals surface area contributed by atoms with Crippen LogP contribution >= 0.6 is 31.9 Å². The second-order valence-electron chi connectivity index (χ2n) is 3.71. The van der Waals surface area contributed by atoms with Crippen LogP contribution in [0.1, 0.15) is 6.92 Å². The summed E-state index contributed by atoms with van der Waals surface area (Å²) >= 11 is 6.51. The molecule has 94 valence electrons. The number of halogens is 3. The van der Waals surface area contributed by atoms with Gasteiger partial charge in [0.25, 0.3) is 5.56 Å². The Kier molecular flexibility index (Phi) is 4.02. The van der Waals surface area contributed by atoms with Gasteiger partial charge in [0, 0.05) is 16.6 Å². The van der Waals surface area contributed by atoms with Crippen molar-refractivity contribution in [3.05, 3.63) is 55.4 Å². The summed E-state index contributed by atoms with van der Waals surface area (Å²) in [7, 11) is 0. The lowest BCUT2D eigenvalue weighted by Crippen LogP contribution is -2.21. The summed E-state index contributed by atoms with van der Waals surface area (Å²) in [6.45, 7) is 2.33. The molecule has 1 aromatic heterocycles. The van der Waals surface area contributed by atoms with Crippen LogP contribution in [0.25, 0.3) is 11.3 Å². The van der Waals surface area contributed by atoms with Gasteiger partial charge in [-0.15, -0.1) is 0 Å². The molecule has 0 amide bonds. The summed E-state index contributed by atoms with van der Waals surface area (Å²) in [4.78, 5) is 12.0. The SMILES string of the molecule is CCn1c(-c2c(F)cccc2Br)ccc(Br)c1=O. The molecule has 5 heteroatoms. The number of rotatable bonds is 2. The van der Waals surface area contributed by atoms with Gasteiger partial charge in [-0.25, -0.2) is 4.39 Å². The first kappa shape index (κ1) is 13.5. The van der Waals surface area contributed by atoms with Crippen LogP contribution in [0.2, 0.25) is 0 Å². The maximum absolute atomic E-state index is 13.9. The molecule has 2 rings (SSSR count). The van der Waals surface area contributed by atoms with E-state index in [1.807, 2.05) is 6.92 Å². The molecule has 1 heterocycles. The summed E-state index contributed by atoms with van der Waals surface area (Å²) in [5.74, 6) is -0.353. The van der Waals surface area contributed by atoms with Crippen molar-refractivity contribution in [3.63, 3.8) is 0 Å². The van der Waals surface area contributed by atoms with Crippen LogP contribution in [0, 0.1) is 5.82 Å². The van der Waals surface area contributed by atoms with Gasteiger partial charge in [-0.3, -0.25) is 4.79 Å². The fourth-order valence-electron chi connectivity index (χ4n) is 1.83. The van der Waals surface area contributed by atoms with Gasteiger partial charge in [-0.2, -0.15) is 0 Å². The molecule has 1 aromatic carbocycles. The predicted molar refractivity (Wildman–Crippen MR) is 77.2 cm³/mol. The Morgan fingerprint density at radius 2 is 1.89 bits per heavy atom. The van der Waals surface area contributed by atoms with Crippen LogP contribution in [0.4, 0.5) is 4.39 Å². The molecule has 0 fully saturated rings. The van der Waals surface area contributed by atoms with Gasteiger partial charge < -0.3 is 4.57 Å². The molecular weight excluding hydrogens is 365 g/mol. The Labute approximate surface area is 121 Å². The minimum Gasteiger partial charge on any atom is -0.307 e. The van der Waals surface area contributed by atoms with Crippen LogP contribution in [-0.4, -0.2) is 4.57 Å². The molecule has 0 radical (unpaired) electrons. The standard InChI is InChI=1S/C13H10Br2FNO/c1-2-17-11(7-6-9(15)13(17)18)12-8(14)4-3-5-10(12)16/h3-7H,2H2,1H3. The third-order valence-corrected chi connectivity index (χ3v) is 3.93. The van der Waals surface area contributed by atoms with Crippen molar-refractivity contribution in [3.8, 4) is 11.3 Å². The Bertz CT molecular complexity index is 632. The molecule has 0 unspecified atom stereocenters. The lowest BCUT2D eigenvalue weighted by molar-refractivity contribution is 0.625. The molecule has 0 atom stereocenters. The minimum atomic E-state index is -0.353. The minimum absolute atomic E-state index is 0.162. The highest BCUT2D eigenvalue weighted by atomic mass is 79.9. The summed E-state index contributed by atoms with van der Waals surface area (Å²) in [6.07, 6.45) is 0. The van der Waals surface area contributed by atoms with Gasteiger partial charge >= 0.3 is 0 Å². The first-order chi connectivity index (χ1) is 8.56. The molecule has 0 aliphatic carbocycles. The monoisotopic (exact) mass is 373 g/mol. The molecule has 0 saturated heterocycles. The maximum Gasteiger partial charge on any atom is 0.265 e. The molecule has 2 aromatic rings. The highest BCUT2D eigenvalue weighted by Gasteiger charge is 2.14. The molecule has 0 saturated carbocycles. The van der Waals surface area contributed by atoms with Crippen molar-refractivity contribution in [2.45, 2.75) is 13.5 Å². The summed E-state index contributed by atoms with van der Waals surface area (Å²) in [5.41, 5.74) is 0.810. The zero-order valence-corrected chi connectivity index (χ0v) is 12.8. The molecule has 0 N–H and O–H groups in total. The van der Waals surface area contributed by atoms with Crippen LogP contribution in [0.15, 0.2) is 44.1 Å². The van der Waals surface area contributed by atoms with E-state index in [1.165, 1.54) is 10.6 Å². The van der Waals surface area contributed by atoms with Crippen molar-refractivity contribution in [1.82, 2.24) is 4.57 Å². The highest BCUT2D eigenvalue weighted by molar-refractivity contribution is 9.10. The molecular formula is C13H10Br2FNO. The summed E-state index contributed by atoms with van der Waals surface area (Å²) in [6, 6.07) is 8.13. The van der Waals surface area contributed by atoms with Gasteiger partial charge in [-0.1, -0.05) is 6.07 Å². The van der Waals surface area contributed by atoms with E-state index in [1.54, 1.807) is 24.3 Å². The number of hydrogen-bond acceptors (Lipinski definition) is 1.